The van der Waals surface area contributed by atoms with E-state index in [0.717, 1.165) is 0 Å². The van der Waals surface area contributed by atoms with Crippen LogP contribution in [-0.2, 0) is 0 Å². The van der Waals surface area contributed by atoms with Crippen LogP contribution in [0.2, 0.25) is 0 Å². The first-order valence-corrected chi connectivity index (χ1v) is 5.52. The topological polar surface area (TPSA) is 0 Å². The van der Waals surface area contributed by atoms with Gasteiger partial charge in [0.15, 0.2) is 0 Å². The zero-order chi connectivity index (χ0) is 9.24. The highest BCUT2D eigenvalue weighted by Crippen LogP contribution is 2.65. The summed E-state index contributed by atoms with van der Waals surface area (Å²) in [5, 5.41) is 0. The molecule has 0 nitrogen and oxygen atoms in total. The van der Waals surface area contributed by atoms with Crippen molar-refractivity contribution in [1.82, 2.24) is 0 Å². The lowest BCUT2D eigenvalue weighted by Crippen LogP contribution is -2.03. The van der Waals surface area contributed by atoms with Gasteiger partial charge in [-0.25, -0.2) is 0 Å². The van der Waals surface area contributed by atoms with E-state index in [9.17, 15) is 0 Å². The Balaban J connectivity index is 2.09. The highest BCUT2D eigenvalue weighted by atomic mass is 14.6. The van der Waals surface area contributed by atoms with Crippen LogP contribution >= 0.6 is 0 Å². The van der Waals surface area contributed by atoms with Gasteiger partial charge in [0.1, 0.15) is 0 Å². The van der Waals surface area contributed by atoms with Gasteiger partial charge in [-0.3, -0.25) is 0 Å². The van der Waals surface area contributed by atoms with Crippen LogP contribution in [0.15, 0.2) is 0 Å². The summed E-state index contributed by atoms with van der Waals surface area (Å²) in [6.07, 6.45) is 8.60. The molecule has 0 radical (unpaired) electrons. The lowest BCUT2D eigenvalue weighted by Gasteiger charge is -2.13. The van der Waals surface area contributed by atoms with E-state index < -0.39 is 0 Å². The van der Waals surface area contributed by atoms with E-state index in [-0.39, 0.29) is 0 Å². The largest absolute Gasteiger partial charge is 0.0654 e. The van der Waals surface area contributed by atoms with Crippen molar-refractivity contribution in [2.24, 2.45) is 10.8 Å². The van der Waals surface area contributed by atoms with Crippen molar-refractivity contribution in [3.8, 4) is 0 Å². The highest BCUT2D eigenvalue weighted by molar-refractivity contribution is 5.05. The van der Waals surface area contributed by atoms with E-state index in [0.29, 0.717) is 10.8 Å². The fourth-order valence-corrected chi connectivity index (χ4v) is 2.30. The maximum absolute atomic E-state index is 2.46. The second-order valence-corrected chi connectivity index (χ2v) is 5.43. The molecule has 0 aromatic carbocycles. The van der Waals surface area contributed by atoms with Crippen molar-refractivity contribution in [1.29, 1.82) is 0 Å². The van der Waals surface area contributed by atoms with Gasteiger partial charge in [-0.2, -0.15) is 0 Å². The van der Waals surface area contributed by atoms with E-state index in [1.807, 2.05) is 0 Å². The molecule has 0 saturated heterocycles. The fourth-order valence-electron chi connectivity index (χ4n) is 2.30. The zero-order valence-corrected chi connectivity index (χ0v) is 9.24. The van der Waals surface area contributed by atoms with Crippen molar-refractivity contribution in [2.75, 3.05) is 0 Å². The molecule has 72 valence electrons. The second kappa shape index (κ2) is 3.40. The highest BCUT2D eigenvalue weighted by Gasteiger charge is 2.56. The molecule has 0 N–H and O–H groups in total. The first-order chi connectivity index (χ1) is 5.52. The molecule has 0 aromatic heterocycles. The maximum atomic E-state index is 2.46. The summed E-state index contributed by atoms with van der Waals surface area (Å²) in [5.41, 5.74) is 1.35. The number of hydrogen-bond acceptors (Lipinski definition) is 0. The molecule has 0 heterocycles. The summed E-state index contributed by atoms with van der Waals surface area (Å²) in [4.78, 5) is 0. The monoisotopic (exact) mass is 168 g/mol. The molecular weight excluding hydrogens is 144 g/mol. The molecule has 0 amide bonds. The van der Waals surface area contributed by atoms with E-state index in [2.05, 4.69) is 27.7 Å². The quantitative estimate of drug-likeness (QED) is 0.534. The van der Waals surface area contributed by atoms with Crippen LogP contribution in [0.5, 0.6) is 0 Å². The fraction of sp³-hybridized carbons (Fsp3) is 1.00. The van der Waals surface area contributed by atoms with Gasteiger partial charge in [0.05, 0.1) is 0 Å². The van der Waals surface area contributed by atoms with E-state index in [1.54, 1.807) is 0 Å². The van der Waals surface area contributed by atoms with Crippen LogP contribution in [0.1, 0.15) is 66.2 Å². The summed E-state index contributed by atoms with van der Waals surface area (Å²) in [5.74, 6) is 0. The Labute approximate surface area is 77.7 Å². The zero-order valence-electron chi connectivity index (χ0n) is 9.24. The third-order valence-corrected chi connectivity index (χ3v) is 3.92. The van der Waals surface area contributed by atoms with E-state index in [4.69, 9.17) is 0 Å². The molecular formula is C12H24. The van der Waals surface area contributed by atoms with Gasteiger partial charge in [-0.15, -0.1) is 0 Å². The van der Waals surface area contributed by atoms with E-state index >= 15 is 0 Å². The molecule has 1 saturated carbocycles. The Morgan fingerprint density at radius 3 is 2.00 bits per heavy atom. The molecule has 0 aromatic rings. The predicted octanol–water partition coefficient (Wildman–Crippen LogP) is 4.39. The number of hydrogen-bond donors (Lipinski definition) is 0. The first-order valence-electron chi connectivity index (χ1n) is 5.52. The van der Waals surface area contributed by atoms with Crippen LogP contribution in [-0.4, -0.2) is 0 Å². The van der Waals surface area contributed by atoms with Crippen molar-refractivity contribution in [2.45, 2.75) is 66.2 Å². The minimum atomic E-state index is 0.652. The van der Waals surface area contributed by atoms with Gasteiger partial charge in [0.25, 0.3) is 0 Å². The summed E-state index contributed by atoms with van der Waals surface area (Å²) in [7, 11) is 0. The molecule has 1 unspecified atom stereocenters. The van der Waals surface area contributed by atoms with Crippen LogP contribution in [0.4, 0.5) is 0 Å². The van der Waals surface area contributed by atoms with Crippen LogP contribution < -0.4 is 0 Å². The van der Waals surface area contributed by atoms with Gasteiger partial charge in [-0.1, -0.05) is 53.4 Å². The molecule has 1 atom stereocenters. The summed E-state index contributed by atoms with van der Waals surface area (Å²) in [6, 6.07) is 0. The third kappa shape index (κ3) is 2.02. The first kappa shape index (κ1) is 10.1. The van der Waals surface area contributed by atoms with Crippen LogP contribution in [0, 0.1) is 10.8 Å². The summed E-state index contributed by atoms with van der Waals surface area (Å²) < 4.78 is 0. The maximum Gasteiger partial charge on any atom is -0.0269 e. The number of rotatable bonds is 5. The normalized spacial score (nSPS) is 32.0. The molecule has 1 fully saturated rings. The lowest BCUT2D eigenvalue weighted by atomic mass is 9.92. The Hall–Kier alpha value is 0. The van der Waals surface area contributed by atoms with Gasteiger partial charge in [0.2, 0.25) is 0 Å². The Morgan fingerprint density at radius 2 is 1.58 bits per heavy atom. The Kier molecular flexibility index (Phi) is 2.85. The average molecular weight is 168 g/mol. The Bertz CT molecular complexity index is 146. The van der Waals surface area contributed by atoms with Crippen LogP contribution in [0.25, 0.3) is 0 Å². The molecule has 1 rings (SSSR count). The van der Waals surface area contributed by atoms with Gasteiger partial charge >= 0.3 is 0 Å². The lowest BCUT2D eigenvalue weighted by molar-refractivity contribution is 0.373. The minimum Gasteiger partial charge on any atom is -0.0654 e. The molecule has 0 bridgehead atoms. The van der Waals surface area contributed by atoms with Crippen molar-refractivity contribution < 1.29 is 0 Å². The second-order valence-electron chi connectivity index (χ2n) is 5.43. The summed E-state index contributed by atoms with van der Waals surface area (Å²) >= 11 is 0. The third-order valence-electron chi connectivity index (χ3n) is 3.92. The van der Waals surface area contributed by atoms with Crippen molar-refractivity contribution in [3.05, 3.63) is 0 Å². The number of unbranched alkanes of at least 4 members (excludes halogenated alkanes) is 3. The molecule has 0 aliphatic heterocycles. The van der Waals surface area contributed by atoms with Gasteiger partial charge in [-0.05, 0) is 23.7 Å². The average Bonchev–Trinajstić information content (AvgIpc) is 2.45. The molecule has 1 aliphatic carbocycles. The molecule has 12 heavy (non-hydrogen) atoms. The predicted molar refractivity (Wildman–Crippen MR) is 55.3 cm³/mol. The molecule has 1 aliphatic rings. The standard InChI is InChI=1S/C12H24/c1-5-6-7-8-9-12(4)10-11(12,2)3/h5-10H2,1-4H3. The smallest absolute Gasteiger partial charge is 0.0269 e. The summed E-state index contributed by atoms with van der Waals surface area (Å²) in [6.45, 7) is 9.56. The van der Waals surface area contributed by atoms with Crippen LogP contribution in [0.3, 0.4) is 0 Å². The molecule has 0 spiro atoms. The Morgan fingerprint density at radius 1 is 1.00 bits per heavy atom. The minimum absolute atomic E-state index is 0.652. The van der Waals surface area contributed by atoms with Crippen molar-refractivity contribution in [3.63, 3.8) is 0 Å². The van der Waals surface area contributed by atoms with Gasteiger partial charge in [0, 0.05) is 0 Å². The molecule has 0 heteroatoms. The van der Waals surface area contributed by atoms with Crippen molar-refractivity contribution >= 4 is 0 Å². The SMILES string of the molecule is CCCCCCC1(C)CC1(C)C. The van der Waals surface area contributed by atoms with Gasteiger partial charge < -0.3 is 0 Å². The van der Waals surface area contributed by atoms with E-state index in [1.165, 1.54) is 38.5 Å².